The number of hydrogen-bond acceptors (Lipinski definition) is 4. The summed E-state index contributed by atoms with van der Waals surface area (Å²) in [6, 6.07) is 1.34. The van der Waals surface area contributed by atoms with Gasteiger partial charge in [0.25, 0.3) is 11.1 Å². The molecule has 0 fully saturated rings. The Bertz CT molecular complexity index is 1160. The summed E-state index contributed by atoms with van der Waals surface area (Å²) in [5, 5.41) is 2.96. The summed E-state index contributed by atoms with van der Waals surface area (Å²) in [6.07, 6.45) is -4.13. The average molecular weight is 402 g/mol. The first-order valence-corrected chi connectivity index (χ1v) is 9.02. The van der Waals surface area contributed by atoms with Crippen molar-refractivity contribution in [3.05, 3.63) is 53.9 Å². The van der Waals surface area contributed by atoms with Crippen molar-refractivity contribution < 1.29 is 13.2 Å². The zero-order valence-electron chi connectivity index (χ0n) is 14.6. The molecule has 0 aliphatic heterocycles. The average Bonchev–Trinajstić information content (AvgIpc) is 3.11. The minimum absolute atomic E-state index is 0.0559. The molecule has 1 N–H and O–H groups in total. The number of nitrogens with one attached hydrogen (secondary N) is 1. The number of aryl methyl sites for hydroxylation is 2. The maximum atomic E-state index is 12.7. The first-order chi connectivity index (χ1) is 12.6. The minimum Gasteiger partial charge on any atom is -0.303 e. The van der Waals surface area contributed by atoms with Gasteiger partial charge in [0.15, 0.2) is 0 Å². The third kappa shape index (κ3) is 3.51. The summed E-state index contributed by atoms with van der Waals surface area (Å²) in [7, 11) is 0. The number of H-pyrrole nitrogens is 1. The van der Waals surface area contributed by atoms with E-state index in [2.05, 4.69) is 5.10 Å². The van der Waals surface area contributed by atoms with Crippen LogP contribution in [-0.2, 0) is 19.6 Å². The minimum atomic E-state index is -4.42. The normalized spacial score (nSPS) is 12.2. The highest BCUT2D eigenvalue weighted by molar-refractivity contribution is 7.18. The number of alkyl halides is 3. The predicted molar refractivity (Wildman–Crippen MR) is 95.6 cm³/mol. The predicted octanol–water partition coefficient (Wildman–Crippen LogP) is 2.04. The lowest BCUT2D eigenvalue weighted by molar-refractivity contribution is -0.136. The van der Waals surface area contributed by atoms with Crippen LogP contribution in [0.2, 0.25) is 0 Å². The highest BCUT2D eigenvalue weighted by atomic mass is 32.1. The second kappa shape index (κ2) is 6.87. The van der Waals surface area contributed by atoms with E-state index in [0.717, 1.165) is 20.5 Å². The van der Waals surface area contributed by atoms with Crippen molar-refractivity contribution in [2.24, 2.45) is 0 Å². The molecule has 146 valence electrons. The Morgan fingerprint density at radius 1 is 1.19 bits per heavy atom. The third-order valence-corrected chi connectivity index (χ3v) is 5.65. The number of halogens is 3. The lowest BCUT2D eigenvalue weighted by Gasteiger charge is -2.12. The van der Waals surface area contributed by atoms with Crippen molar-refractivity contribution in [2.75, 3.05) is 0 Å². The lowest BCUT2D eigenvalue weighted by atomic mass is 10.2. The fraction of sp³-hybridized carbons (Fsp3) is 0.438. The fourth-order valence-corrected chi connectivity index (χ4v) is 4.23. The highest BCUT2D eigenvalue weighted by Crippen LogP contribution is 2.29. The molecule has 3 rings (SSSR count). The topological polar surface area (TPSA) is 81.8 Å². The Morgan fingerprint density at radius 2 is 1.89 bits per heavy atom. The van der Waals surface area contributed by atoms with E-state index in [1.54, 1.807) is 13.8 Å². The van der Waals surface area contributed by atoms with Gasteiger partial charge in [-0.15, -0.1) is 11.3 Å². The maximum absolute atomic E-state index is 12.7. The van der Waals surface area contributed by atoms with Gasteiger partial charge in [0.2, 0.25) is 0 Å². The molecule has 0 unspecified atom stereocenters. The van der Waals surface area contributed by atoms with Crippen LogP contribution in [0.3, 0.4) is 0 Å². The van der Waals surface area contributed by atoms with Gasteiger partial charge in [-0.05, 0) is 19.4 Å². The third-order valence-electron chi connectivity index (χ3n) is 4.35. The molecule has 3 aromatic heterocycles. The van der Waals surface area contributed by atoms with Crippen molar-refractivity contribution in [3.63, 3.8) is 0 Å². The molecule has 11 heteroatoms. The van der Waals surface area contributed by atoms with E-state index in [1.807, 2.05) is 0 Å². The van der Waals surface area contributed by atoms with E-state index in [9.17, 15) is 27.6 Å². The van der Waals surface area contributed by atoms with Gasteiger partial charge in [-0.1, -0.05) is 0 Å². The second-order valence-corrected chi connectivity index (χ2v) is 7.15. The smallest absolute Gasteiger partial charge is 0.303 e. The first kappa shape index (κ1) is 19.2. The Balaban J connectivity index is 2.23. The molecule has 0 saturated carbocycles. The number of hydrogen-bond donors (Lipinski definition) is 1. The highest BCUT2D eigenvalue weighted by Gasteiger charge is 2.28. The Morgan fingerprint density at radius 3 is 2.44 bits per heavy atom. The Labute approximate surface area is 154 Å². The number of thiophene rings is 1. The molecule has 3 heterocycles. The molecular formula is C16H17F3N4O3S. The number of rotatable bonds is 5. The molecule has 0 saturated heterocycles. The van der Waals surface area contributed by atoms with Crippen LogP contribution in [0.15, 0.2) is 26.6 Å². The van der Waals surface area contributed by atoms with Crippen molar-refractivity contribution in [1.29, 1.82) is 0 Å². The molecule has 27 heavy (non-hydrogen) atoms. The van der Waals surface area contributed by atoms with E-state index in [1.165, 1.54) is 16.9 Å². The van der Waals surface area contributed by atoms with Crippen molar-refractivity contribution in [1.82, 2.24) is 18.9 Å². The molecule has 0 spiro atoms. The molecule has 0 aliphatic rings. The van der Waals surface area contributed by atoms with Crippen LogP contribution < -0.4 is 16.8 Å². The van der Waals surface area contributed by atoms with E-state index >= 15 is 0 Å². The van der Waals surface area contributed by atoms with E-state index in [-0.39, 0.29) is 28.9 Å². The maximum Gasteiger partial charge on any atom is 0.390 e. The number of aromatic nitrogens is 4. The SMILES string of the molecule is CCn1c(=O)c2c(C)c(Cn3[nH]ccc3=O)sc2n(CCC(F)(F)F)c1=O. The second-order valence-electron chi connectivity index (χ2n) is 6.07. The summed E-state index contributed by atoms with van der Waals surface area (Å²) in [6.45, 7) is 2.88. The van der Waals surface area contributed by atoms with Gasteiger partial charge in [-0.3, -0.25) is 18.7 Å². The standard InChI is InChI=1S/C16H17F3N4O3S/c1-3-21-13(25)12-9(2)10(8-23-11(24)4-6-20-23)27-14(12)22(15(21)26)7-5-16(17,18)19/h4,6,20H,3,5,7-8H2,1-2H3. The molecule has 0 radical (unpaired) electrons. The monoisotopic (exact) mass is 402 g/mol. The Kier molecular flexibility index (Phi) is 4.89. The van der Waals surface area contributed by atoms with Gasteiger partial charge in [0.1, 0.15) is 4.83 Å². The molecule has 3 aromatic rings. The van der Waals surface area contributed by atoms with Crippen molar-refractivity contribution in [2.45, 2.75) is 46.1 Å². The lowest BCUT2D eigenvalue weighted by Crippen LogP contribution is -2.39. The quantitative estimate of drug-likeness (QED) is 0.709. The fourth-order valence-electron chi connectivity index (χ4n) is 2.93. The number of nitrogens with zero attached hydrogens (tertiary/aromatic N) is 3. The van der Waals surface area contributed by atoms with Gasteiger partial charge in [0.05, 0.1) is 18.4 Å². The Hall–Kier alpha value is -2.56. The molecule has 0 aliphatic carbocycles. The molecule has 0 bridgehead atoms. The van der Waals surface area contributed by atoms with E-state index in [0.29, 0.717) is 10.4 Å². The summed E-state index contributed by atoms with van der Waals surface area (Å²) in [5.74, 6) is 0. The van der Waals surface area contributed by atoms with Crippen molar-refractivity contribution >= 4 is 21.6 Å². The summed E-state index contributed by atoms with van der Waals surface area (Å²) >= 11 is 1.06. The zero-order valence-corrected chi connectivity index (χ0v) is 15.4. The van der Waals surface area contributed by atoms with Crippen LogP contribution in [0.1, 0.15) is 23.8 Å². The van der Waals surface area contributed by atoms with Crippen LogP contribution in [-0.4, -0.2) is 25.1 Å². The van der Waals surface area contributed by atoms with Gasteiger partial charge < -0.3 is 5.10 Å². The number of aromatic amines is 1. The molecule has 7 nitrogen and oxygen atoms in total. The molecule has 0 atom stereocenters. The van der Waals surface area contributed by atoms with Crippen LogP contribution >= 0.6 is 11.3 Å². The van der Waals surface area contributed by atoms with Gasteiger partial charge >= 0.3 is 11.9 Å². The van der Waals surface area contributed by atoms with Crippen LogP contribution in [0.4, 0.5) is 13.2 Å². The zero-order chi connectivity index (χ0) is 19.9. The van der Waals surface area contributed by atoms with E-state index < -0.39 is 30.4 Å². The largest absolute Gasteiger partial charge is 0.390 e. The van der Waals surface area contributed by atoms with Gasteiger partial charge in [-0.2, -0.15) is 13.2 Å². The van der Waals surface area contributed by atoms with Crippen molar-refractivity contribution in [3.8, 4) is 0 Å². The molecular weight excluding hydrogens is 385 g/mol. The molecule has 0 amide bonds. The van der Waals surface area contributed by atoms with E-state index in [4.69, 9.17) is 0 Å². The van der Waals surface area contributed by atoms with Crippen LogP contribution in [0.25, 0.3) is 10.2 Å². The molecule has 0 aromatic carbocycles. The van der Waals surface area contributed by atoms with Crippen LogP contribution in [0.5, 0.6) is 0 Å². The van der Waals surface area contributed by atoms with Gasteiger partial charge in [0, 0.05) is 30.2 Å². The first-order valence-electron chi connectivity index (χ1n) is 8.20. The summed E-state index contributed by atoms with van der Waals surface area (Å²) in [4.78, 5) is 37.8. The van der Waals surface area contributed by atoms with Crippen LogP contribution in [0, 0.1) is 6.92 Å². The summed E-state index contributed by atoms with van der Waals surface area (Å²) < 4.78 is 41.3. The van der Waals surface area contributed by atoms with Gasteiger partial charge in [-0.25, -0.2) is 9.48 Å². The summed E-state index contributed by atoms with van der Waals surface area (Å²) in [5.41, 5.74) is -1.000. The number of fused-ring (bicyclic) bond motifs is 1.